The summed E-state index contributed by atoms with van der Waals surface area (Å²) in [5.74, 6) is -0.0893. The number of amides is 2. The lowest BCUT2D eigenvalue weighted by Gasteiger charge is -2.18. The number of rotatable bonds is 48. The minimum Gasteiger partial charge on any atom is -0.379 e. The topological polar surface area (TPSA) is 189 Å². The zero-order valence-corrected chi connectivity index (χ0v) is 37.4. The van der Waals surface area contributed by atoms with Gasteiger partial charge >= 0.3 is 0 Å². The molecule has 17 nitrogen and oxygen atoms in total. The van der Waals surface area contributed by atoms with E-state index < -0.39 is 0 Å². The van der Waals surface area contributed by atoms with Gasteiger partial charge in [0.2, 0.25) is 11.8 Å². The van der Waals surface area contributed by atoms with Crippen LogP contribution >= 0.6 is 0 Å². The lowest BCUT2D eigenvalue weighted by Crippen LogP contribution is -2.38. The second-order valence-electron chi connectivity index (χ2n) is 14.3. The van der Waals surface area contributed by atoms with Gasteiger partial charge < -0.3 is 68.1 Å². The van der Waals surface area contributed by atoms with Gasteiger partial charge in [0.1, 0.15) is 6.61 Å². The van der Waals surface area contributed by atoms with Crippen LogP contribution in [0.25, 0.3) is 0 Å². The third-order valence-electron chi connectivity index (χ3n) is 8.55. The van der Waals surface area contributed by atoms with Crippen LogP contribution in [0.3, 0.4) is 0 Å². The Morgan fingerprint density at radius 3 is 1.22 bits per heavy atom. The first-order valence-corrected chi connectivity index (χ1v) is 21.9. The molecule has 59 heavy (non-hydrogen) atoms. The van der Waals surface area contributed by atoms with Gasteiger partial charge in [0, 0.05) is 32.0 Å². The van der Waals surface area contributed by atoms with Gasteiger partial charge in [-0.05, 0) is 45.1 Å². The predicted molar refractivity (Wildman–Crippen MR) is 225 cm³/mol. The molecular formula is C42H83N3O14. The first kappa shape index (κ1) is 57.1. The van der Waals surface area contributed by atoms with Crippen molar-refractivity contribution in [2.45, 2.75) is 78.7 Å². The molecular weight excluding hydrogens is 770 g/mol. The largest absolute Gasteiger partial charge is 0.379 e. The number of ether oxygens (including phenoxy) is 11. The average molecular weight is 854 g/mol. The molecule has 0 saturated carbocycles. The SMILES string of the molecule is CCCCOCCOCCOCCOCCOCCOCCOCCOCCOCCOCCOCC(=O)NCCCCC(NC)C(=O)CC(C)C(=O)NCCC(C)C. The minimum absolute atomic E-state index is 0.0308. The molecule has 0 saturated heterocycles. The molecule has 0 aliphatic heterocycles. The van der Waals surface area contributed by atoms with Gasteiger partial charge in [0.15, 0.2) is 5.78 Å². The number of nitrogens with one attached hydrogen (secondary N) is 3. The number of hydrogen-bond donors (Lipinski definition) is 3. The van der Waals surface area contributed by atoms with Crippen molar-refractivity contribution in [3.05, 3.63) is 0 Å². The van der Waals surface area contributed by atoms with E-state index >= 15 is 0 Å². The van der Waals surface area contributed by atoms with E-state index in [1.54, 1.807) is 14.0 Å². The quantitative estimate of drug-likeness (QED) is 0.0758. The fourth-order valence-electron chi connectivity index (χ4n) is 5.02. The van der Waals surface area contributed by atoms with Crippen molar-refractivity contribution in [3.63, 3.8) is 0 Å². The first-order valence-electron chi connectivity index (χ1n) is 21.9. The summed E-state index contributed by atoms with van der Waals surface area (Å²) < 4.78 is 60.1. The number of unbranched alkanes of at least 4 members (excludes halogenated alkanes) is 2. The van der Waals surface area contributed by atoms with E-state index in [0.717, 1.165) is 38.7 Å². The number of carbonyl (C=O) groups is 3. The molecule has 0 aliphatic carbocycles. The number of likely N-dealkylation sites (N-methyl/N-ethyl adjacent to an activating group) is 1. The monoisotopic (exact) mass is 854 g/mol. The van der Waals surface area contributed by atoms with E-state index in [0.29, 0.717) is 158 Å². The van der Waals surface area contributed by atoms with Crippen LogP contribution in [0, 0.1) is 11.8 Å². The summed E-state index contributed by atoms with van der Waals surface area (Å²) in [4.78, 5) is 37.0. The van der Waals surface area contributed by atoms with Crippen LogP contribution in [0.2, 0.25) is 0 Å². The third-order valence-corrected chi connectivity index (χ3v) is 8.55. The standard InChI is InChI=1S/C42H83N3O14/c1-6-7-14-49-15-16-50-17-18-51-19-20-52-21-22-53-23-24-54-25-26-55-27-28-56-29-30-57-31-32-58-33-34-59-36-41(47)44-12-9-8-10-39(43-5)40(46)35-38(4)42(48)45-13-11-37(2)3/h37-39,43H,6-36H2,1-5H3,(H,44,47)(H,45,48). The molecule has 350 valence electrons. The van der Waals surface area contributed by atoms with Gasteiger partial charge in [-0.1, -0.05) is 34.1 Å². The summed E-state index contributed by atoms with van der Waals surface area (Å²) in [6, 6.07) is -0.308. The van der Waals surface area contributed by atoms with E-state index in [-0.39, 0.29) is 42.6 Å². The van der Waals surface area contributed by atoms with Crippen LogP contribution in [0.5, 0.6) is 0 Å². The Kier molecular flexibility index (Phi) is 44.2. The molecule has 0 rings (SSSR count). The highest BCUT2D eigenvalue weighted by atomic mass is 16.6. The van der Waals surface area contributed by atoms with Crippen molar-refractivity contribution >= 4 is 17.6 Å². The summed E-state index contributed by atoms with van der Waals surface area (Å²) in [5.41, 5.74) is 0. The van der Waals surface area contributed by atoms with Crippen LogP contribution < -0.4 is 16.0 Å². The van der Waals surface area contributed by atoms with E-state index in [4.69, 9.17) is 52.1 Å². The van der Waals surface area contributed by atoms with E-state index in [1.807, 2.05) is 0 Å². The Bertz CT molecular complexity index is 937. The van der Waals surface area contributed by atoms with Gasteiger partial charge in [-0.3, -0.25) is 14.4 Å². The normalized spacial score (nSPS) is 12.6. The number of Topliss-reactive ketones (excluding diaryl/α,β-unsaturated/α-hetero) is 1. The summed E-state index contributed by atoms with van der Waals surface area (Å²) in [6.07, 6.45) is 5.49. The highest BCUT2D eigenvalue weighted by Crippen LogP contribution is 2.10. The van der Waals surface area contributed by atoms with E-state index in [2.05, 4.69) is 36.7 Å². The maximum Gasteiger partial charge on any atom is 0.245 e. The highest BCUT2D eigenvalue weighted by Gasteiger charge is 2.22. The van der Waals surface area contributed by atoms with E-state index in [1.165, 1.54) is 0 Å². The van der Waals surface area contributed by atoms with Gasteiger partial charge in [0.25, 0.3) is 0 Å². The summed E-state index contributed by atoms with van der Waals surface area (Å²) in [5, 5.41) is 8.81. The lowest BCUT2D eigenvalue weighted by atomic mass is 9.96. The van der Waals surface area contributed by atoms with Crippen LogP contribution in [-0.2, 0) is 66.5 Å². The third kappa shape index (κ3) is 42.6. The van der Waals surface area contributed by atoms with Crippen molar-refractivity contribution in [3.8, 4) is 0 Å². The van der Waals surface area contributed by atoms with Crippen molar-refractivity contribution in [2.24, 2.45) is 11.8 Å². The molecule has 0 radical (unpaired) electrons. The zero-order valence-electron chi connectivity index (χ0n) is 37.4. The second kappa shape index (κ2) is 45.7. The van der Waals surface area contributed by atoms with Crippen LogP contribution in [0.1, 0.15) is 72.6 Å². The Labute approximate surface area is 355 Å². The molecule has 0 fully saturated rings. The smallest absolute Gasteiger partial charge is 0.245 e. The molecule has 0 aromatic heterocycles. The van der Waals surface area contributed by atoms with Crippen LogP contribution in [-0.4, -0.2) is 189 Å². The first-order chi connectivity index (χ1) is 28.8. The molecule has 3 N–H and O–H groups in total. The maximum atomic E-state index is 12.7. The number of hydrogen-bond acceptors (Lipinski definition) is 15. The van der Waals surface area contributed by atoms with E-state index in [9.17, 15) is 14.4 Å². The second-order valence-corrected chi connectivity index (χ2v) is 14.3. The Hall–Kier alpha value is -1.87. The summed E-state index contributed by atoms with van der Waals surface area (Å²) in [7, 11) is 1.76. The van der Waals surface area contributed by atoms with Crippen molar-refractivity contribution < 1.29 is 66.5 Å². The van der Waals surface area contributed by atoms with Crippen LogP contribution in [0.15, 0.2) is 0 Å². The molecule has 2 unspecified atom stereocenters. The zero-order chi connectivity index (χ0) is 43.3. The number of ketones is 1. The molecule has 0 heterocycles. The Morgan fingerprint density at radius 2 is 0.847 bits per heavy atom. The molecule has 17 heteroatoms. The van der Waals surface area contributed by atoms with Crippen molar-refractivity contribution in [1.29, 1.82) is 0 Å². The molecule has 0 spiro atoms. The molecule has 0 bridgehead atoms. The Balaban J connectivity index is 3.37. The molecule has 2 atom stereocenters. The van der Waals surface area contributed by atoms with Crippen LogP contribution in [0.4, 0.5) is 0 Å². The fraction of sp³-hybridized carbons (Fsp3) is 0.929. The fourth-order valence-corrected chi connectivity index (χ4v) is 5.02. The predicted octanol–water partition coefficient (Wildman–Crippen LogP) is 2.60. The number of carbonyl (C=O) groups excluding carboxylic acids is 3. The molecule has 0 aromatic carbocycles. The van der Waals surface area contributed by atoms with Gasteiger partial charge in [0.05, 0.1) is 138 Å². The van der Waals surface area contributed by atoms with Crippen molar-refractivity contribution in [1.82, 2.24) is 16.0 Å². The summed E-state index contributed by atoms with van der Waals surface area (Å²) >= 11 is 0. The maximum absolute atomic E-state index is 12.7. The molecule has 2 amide bonds. The molecule has 0 aromatic rings. The minimum atomic E-state index is -0.360. The van der Waals surface area contributed by atoms with Crippen molar-refractivity contribution in [2.75, 3.05) is 165 Å². The lowest BCUT2D eigenvalue weighted by molar-refractivity contribution is -0.129. The molecule has 0 aliphatic rings. The summed E-state index contributed by atoms with van der Waals surface area (Å²) in [6.45, 7) is 19.7. The van der Waals surface area contributed by atoms with Gasteiger partial charge in [-0.2, -0.15) is 0 Å². The average Bonchev–Trinajstić information content (AvgIpc) is 3.22. The Morgan fingerprint density at radius 1 is 0.458 bits per heavy atom. The van der Waals surface area contributed by atoms with Gasteiger partial charge in [-0.25, -0.2) is 0 Å². The highest BCUT2D eigenvalue weighted by molar-refractivity contribution is 5.89. The van der Waals surface area contributed by atoms with Gasteiger partial charge in [-0.15, -0.1) is 0 Å².